The highest BCUT2D eigenvalue weighted by Crippen LogP contribution is 2.47. The summed E-state index contributed by atoms with van der Waals surface area (Å²) in [7, 11) is 1.37. The molecule has 29 heavy (non-hydrogen) atoms. The molecule has 1 aromatic carbocycles. The standard InChI is InChI=1S/C18H19F6N3O2/c1-15(2)13(29)27(4)14(25)26-16(15,3)10-7-9(5-6-11(10)19)8-12(28)17(20,21)18(22,23)24/h5-7H,8H2,1-4H3,(H2,25,26)/t16-/m1/s1. The van der Waals surface area contributed by atoms with Gasteiger partial charge in [0.1, 0.15) is 11.4 Å². The molecule has 5 nitrogen and oxygen atoms in total. The van der Waals surface area contributed by atoms with Crippen LogP contribution in [0.5, 0.6) is 0 Å². The van der Waals surface area contributed by atoms with Gasteiger partial charge >= 0.3 is 12.1 Å². The number of hydrogen-bond acceptors (Lipinski definition) is 4. The predicted octanol–water partition coefficient (Wildman–Crippen LogP) is 3.16. The number of amides is 1. The number of Topliss-reactive ketones (excluding diaryl/α,β-unsaturated/α-hetero) is 1. The Morgan fingerprint density at radius 1 is 1.17 bits per heavy atom. The van der Waals surface area contributed by atoms with Gasteiger partial charge in [0.25, 0.3) is 0 Å². The zero-order chi connectivity index (χ0) is 22.6. The molecule has 1 aromatic rings. The van der Waals surface area contributed by atoms with E-state index in [4.69, 9.17) is 5.73 Å². The van der Waals surface area contributed by atoms with E-state index in [0.717, 1.165) is 23.1 Å². The molecule has 1 amide bonds. The predicted molar refractivity (Wildman–Crippen MR) is 91.6 cm³/mol. The molecule has 160 valence electrons. The monoisotopic (exact) mass is 423 g/mol. The van der Waals surface area contributed by atoms with E-state index in [1.807, 2.05) is 0 Å². The molecule has 1 aliphatic rings. The minimum atomic E-state index is -6.04. The maximum atomic E-state index is 14.6. The van der Waals surface area contributed by atoms with Gasteiger partial charge in [-0.3, -0.25) is 14.5 Å². The van der Waals surface area contributed by atoms with Crippen LogP contribution in [0.3, 0.4) is 0 Å². The van der Waals surface area contributed by atoms with Gasteiger partial charge in [0.2, 0.25) is 11.7 Å². The molecule has 0 saturated carbocycles. The summed E-state index contributed by atoms with van der Waals surface area (Å²) >= 11 is 0. The SMILES string of the molecule is CN1C(=O)C(C)(C)[C@@](C)(c2cc(CC(=O)C(F)(F)C(F)(F)F)ccc2F)N=C1N. The summed E-state index contributed by atoms with van der Waals surface area (Å²) in [5.41, 5.74) is 2.25. The van der Waals surface area contributed by atoms with Gasteiger partial charge in [-0.05, 0) is 38.5 Å². The van der Waals surface area contributed by atoms with Crippen molar-refractivity contribution in [1.29, 1.82) is 0 Å². The Bertz CT molecular complexity index is 894. The van der Waals surface area contributed by atoms with Crippen LogP contribution in [0.25, 0.3) is 0 Å². The maximum absolute atomic E-state index is 14.6. The zero-order valence-corrected chi connectivity index (χ0v) is 16.0. The number of nitrogens with two attached hydrogens (primary N) is 1. The average Bonchev–Trinajstić information content (AvgIpc) is 2.59. The first-order valence-corrected chi connectivity index (χ1v) is 8.37. The lowest BCUT2D eigenvalue weighted by atomic mass is 9.67. The van der Waals surface area contributed by atoms with E-state index < -0.39 is 47.0 Å². The van der Waals surface area contributed by atoms with Crippen molar-refractivity contribution in [3.63, 3.8) is 0 Å². The number of benzene rings is 1. The number of hydrogen-bond donors (Lipinski definition) is 1. The first kappa shape index (κ1) is 22.7. The molecule has 1 atom stereocenters. The lowest BCUT2D eigenvalue weighted by Crippen LogP contribution is -2.58. The Labute approximate surface area is 162 Å². The average molecular weight is 423 g/mol. The molecule has 1 heterocycles. The molecule has 1 aliphatic heterocycles. The third-order valence-electron chi connectivity index (χ3n) is 5.36. The second-order valence-corrected chi connectivity index (χ2v) is 7.52. The van der Waals surface area contributed by atoms with Crippen LogP contribution in [0.1, 0.15) is 31.9 Å². The maximum Gasteiger partial charge on any atom is 0.461 e. The molecule has 0 saturated heterocycles. The van der Waals surface area contributed by atoms with Gasteiger partial charge in [-0.1, -0.05) is 6.07 Å². The van der Waals surface area contributed by atoms with E-state index in [0.29, 0.717) is 0 Å². The second kappa shape index (κ2) is 6.74. The molecular formula is C18H19F6N3O2. The zero-order valence-electron chi connectivity index (χ0n) is 16.0. The third-order valence-corrected chi connectivity index (χ3v) is 5.36. The van der Waals surface area contributed by atoms with Crippen LogP contribution in [0, 0.1) is 11.2 Å². The number of halogens is 6. The summed E-state index contributed by atoms with van der Waals surface area (Å²) < 4.78 is 78.3. The number of nitrogens with zero attached hydrogens (tertiary/aromatic N) is 2. The van der Waals surface area contributed by atoms with Crippen molar-refractivity contribution in [3.8, 4) is 0 Å². The Hall–Kier alpha value is -2.59. The summed E-state index contributed by atoms with van der Waals surface area (Å²) in [6.45, 7) is 4.33. The molecule has 0 bridgehead atoms. The first-order valence-electron chi connectivity index (χ1n) is 8.37. The van der Waals surface area contributed by atoms with Gasteiger partial charge in [-0.25, -0.2) is 9.38 Å². The van der Waals surface area contributed by atoms with E-state index in [1.54, 1.807) is 0 Å². The molecule has 0 unspecified atom stereocenters. The smallest absolute Gasteiger partial charge is 0.369 e. The number of guanidine groups is 1. The van der Waals surface area contributed by atoms with Gasteiger partial charge < -0.3 is 5.73 Å². The van der Waals surface area contributed by atoms with Gasteiger partial charge in [-0.15, -0.1) is 0 Å². The van der Waals surface area contributed by atoms with Crippen molar-refractivity contribution >= 4 is 17.6 Å². The van der Waals surface area contributed by atoms with Gasteiger partial charge in [0.05, 0.1) is 5.41 Å². The first-order chi connectivity index (χ1) is 13.0. The highest BCUT2D eigenvalue weighted by Gasteiger charge is 2.62. The Morgan fingerprint density at radius 2 is 1.72 bits per heavy atom. The molecular weight excluding hydrogens is 404 g/mol. The van der Waals surface area contributed by atoms with E-state index in [9.17, 15) is 35.9 Å². The minimum absolute atomic E-state index is 0.221. The van der Waals surface area contributed by atoms with Crippen molar-refractivity contribution in [2.24, 2.45) is 16.1 Å². The molecule has 0 aliphatic carbocycles. The Kier molecular flexibility index (Phi) is 5.27. The van der Waals surface area contributed by atoms with Crippen molar-refractivity contribution in [2.75, 3.05) is 7.05 Å². The topological polar surface area (TPSA) is 75.8 Å². The van der Waals surface area contributed by atoms with Crippen molar-refractivity contribution in [2.45, 2.75) is 44.8 Å². The van der Waals surface area contributed by atoms with Crippen LogP contribution in [-0.2, 0) is 21.5 Å². The summed E-state index contributed by atoms with van der Waals surface area (Å²) in [4.78, 5) is 29.4. The third kappa shape index (κ3) is 3.46. The molecule has 2 rings (SSSR count). The second-order valence-electron chi connectivity index (χ2n) is 7.52. The normalized spacial score (nSPS) is 22.5. The molecule has 0 spiro atoms. The van der Waals surface area contributed by atoms with Crippen LogP contribution < -0.4 is 5.73 Å². The largest absolute Gasteiger partial charge is 0.461 e. The van der Waals surface area contributed by atoms with Gasteiger partial charge in [0, 0.05) is 19.0 Å². The fourth-order valence-electron chi connectivity index (χ4n) is 3.08. The van der Waals surface area contributed by atoms with Crippen LogP contribution in [0.15, 0.2) is 23.2 Å². The van der Waals surface area contributed by atoms with Crippen LogP contribution in [0.2, 0.25) is 0 Å². The summed E-state index contributed by atoms with van der Waals surface area (Å²) in [5, 5.41) is 0. The lowest BCUT2D eigenvalue weighted by Gasteiger charge is -2.46. The van der Waals surface area contributed by atoms with Gasteiger partial charge in [0.15, 0.2) is 5.96 Å². The number of alkyl halides is 5. The Morgan fingerprint density at radius 3 is 2.24 bits per heavy atom. The van der Waals surface area contributed by atoms with E-state index in [2.05, 4.69) is 4.99 Å². The molecule has 0 aromatic heterocycles. The van der Waals surface area contributed by atoms with E-state index in [-0.39, 0.29) is 17.1 Å². The van der Waals surface area contributed by atoms with Crippen molar-refractivity contribution in [3.05, 3.63) is 35.1 Å². The molecule has 2 N–H and O–H groups in total. The van der Waals surface area contributed by atoms with E-state index >= 15 is 0 Å². The number of ketones is 1. The van der Waals surface area contributed by atoms with Crippen LogP contribution >= 0.6 is 0 Å². The lowest BCUT2D eigenvalue weighted by molar-refractivity contribution is -0.268. The van der Waals surface area contributed by atoms with Crippen molar-refractivity contribution < 1.29 is 35.9 Å². The highest BCUT2D eigenvalue weighted by atomic mass is 19.4. The number of aliphatic imine (C=N–C) groups is 1. The van der Waals surface area contributed by atoms with Gasteiger partial charge in [-0.2, -0.15) is 22.0 Å². The fourth-order valence-corrected chi connectivity index (χ4v) is 3.08. The fraction of sp³-hybridized carbons (Fsp3) is 0.500. The quantitative estimate of drug-likeness (QED) is 0.756. The number of rotatable bonds is 4. The van der Waals surface area contributed by atoms with Crippen molar-refractivity contribution in [1.82, 2.24) is 4.90 Å². The Balaban J connectivity index is 2.54. The molecule has 11 heteroatoms. The number of carbonyl (C=O) groups is 2. The minimum Gasteiger partial charge on any atom is -0.369 e. The van der Waals surface area contributed by atoms with Crippen LogP contribution in [-0.4, -0.2) is 41.7 Å². The highest BCUT2D eigenvalue weighted by molar-refractivity contribution is 6.01. The van der Waals surface area contributed by atoms with Crippen LogP contribution in [0.4, 0.5) is 26.3 Å². The summed E-state index contributed by atoms with van der Waals surface area (Å²) in [6, 6.07) is 2.69. The molecule has 0 radical (unpaired) electrons. The van der Waals surface area contributed by atoms with E-state index in [1.165, 1.54) is 27.8 Å². The molecule has 0 fully saturated rings. The number of carbonyl (C=O) groups excluding carboxylic acids is 2. The summed E-state index contributed by atoms with van der Waals surface area (Å²) in [5.74, 6) is -9.53. The summed E-state index contributed by atoms with van der Waals surface area (Å²) in [6.07, 6.45) is -7.33.